The van der Waals surface area contributed by atoms with Crippen molar-refractivity contribution in [2.45, 2.75) is 59.8 Å². The lowest BCUT2D eigenvalue weighted by molar-refractivity contribution is 0.596. The Morgan fingerprint density at radius 3 is 2.33 bits per heavy atom. The zero-order valence-electron chi connectivity index (χ0n) is 12.7. The van der Waals surface area contributed by atoms with Crippen molar-refractivity contribution in [1.82, 2.24) is 0 Å². The quantitative estimate of drug-likeness (QED) is 0.549. The number of hydrogen-bond acceptors (Lipinski definition) is 0. The van der Waals surface area contributed by atoms with Crippen LogP contribution >= 0.6 is 0 Å². The van der Waals surface area contributed by atoms with Crippen molar-refractivity contribution < 1.29 is 0 Å². The molecule has 0 amide bonds. The molecule has 0 saturated carbocycles. The highest BCUT2D eigenvalue weighted by atomic mass is 14.1. The van der Waals surface area contributed by atoms with E-state index in [-0.39, 0.29) is 0 Å². The van der Waals surface area contributed by atoms with Crippen molar-refractivity contribution in [2.24, 2.45) is 5.92 Å². The summed E-state index contributed by atoms with van der Waals surface area (Å²) in [5, 5.41) is 0. The van der Waals surface area contributed by atoms with Crippen molar-refractivity contribution in [1.29, 1.82) is 0 Å². The van der Waals surface area contributed by atoms with Gasteiger partial charge in [-0.2, -0.15) is 0 Å². The predicted octanol–water partition coefficient (Wildman–Crippen LogP) is 5.87. The minimum Gasteiger partial charge on any atom is -0.0825 e. The Bertz CT molecular complexity index is 383. The van der Waals surface area contributed by atoms with E-state index >= 15 is 0 Å². The Morgan fingerprint density at radius 1 is 1.17 bits per heavy atom. The first kappa shape index (κ1) is 15.0. The smallest absolute Gasteiger partial charge is 0.0151 e. The fourth-order valence-electron chi connectivity index (χ4n) is 2.73. The van der Waals surface area contributed by atoms with Crippen LogP contribution in [0.15, 0.2) is 35.9 Å². The summed E-state index contributed by atoms with van der Waals surface area (Å²) in [6.45, 7) is 11.4. The summed E-state index contributed by atoms with van der Waals surface area (Å²) in [7, 11) is 0. The van der Waals surface area contributed by atoms with Crippen LogP contribution in [0.4, 0.5) is 0 Å². The lowest BCUT2D eigenvalue weighted by atomic mass is 9.89. The Hall–Kier alpha value is -1.04. The summed E-state index contributed by atoms with van der Waals surface area (Å²) in [6.07, 6.45) is 6.18. The molecule has 0 bridgehead atoms. The molecule has 18 heavy (non-hydrogen) atoms. The van der Waals surface area contributed by atoms with Crippen LogP contribution in [0.2, 0.25) is 0 Å². The molecule has 1 aromatic rings. The van der Waals surface area contributed by atoms with Gasteiger partial charge < -0.3 is 0 Å². The third-order valence-corrected chi connectivity index (χ3v) is 3.92. The van der Waals surface area contributed by atoms with Gasteiger partial charge in [0, 0.05) is 0 Å². The molecule has 0 aliphatic rings. The maximum atomic E-state index is 2.48. The molecule has 0 fully saturated rings. The first-order valence-electron chi connectivity index (χ1n) is 7.31. The predicted molar refractivity (Wildman–Crippen MR) is 82.0 cm³/mol. The van der Waals surface area contributed by atoms with Crippen LogP contribution in [0.5, 0.6) is 0 Å². The second-order valence-electron chi connectivity index (χ2n) is 5.55. The lowest BCUT2D eigenvalue weighted by Gasteiger charge is -2.16. The maximum absolute atomic E-state index is 2.48. The Balaban J connectivity index is 2.70. The molecule has 0 nitrogen and oxygen atoms in total. The van der Waals surface area contributed by atoms with Crippen molar-refractivity contribution in [3.05, 3.63) is 47.0 Å². The average Bonchev–Trinajstić information content (AvgIpc) is 2.36. The van der Waals surface area contributed by atoms with E-state index in [1.54, 1.807) is 5.57 Å². The van der Waals surface area contributed by atoms with E-state index in [1.165, 1.54) is 30.4 Å². The highest BCUT2D eigenvalue weighted by Gasteiger charge is 2.09. The summed E-state index contributed by atoms with van der Waals surface area (Å²) < 4.78 is 0. The zero-order chi connectivity index (χ0) is 13.5. The number of aryl methyl sites for hydroxylation is 1. The van der Waals surface area contributed by atoms with Gasteiger partial charge in [-0.05, 0) is 56.1 Å². The minimum atomic E-state index is 0.622. The number of allylic oxidation sites excluding steroid dienone is 2. The van der Waals surface area contributed by atoms with Gasteiger partial charge in [0.2, 0.25) is 0 Å². The first-order valence-corrected chi connectivity index (χ1v) is 7.31. The number of hydrogen-bond donors (Lipinski definition) is 0. The van der Waals surface area contributed by atoms with Gasteiger partial charge in [-0.15, -0.1) is 0 Å². The molecule has 0 heterocycles. The number of benzene rings is 1. The van der Waals surface area contributed by atoms with E-state index in [9.17, 15) is 0 Å². The van der Waals surface area contributed by atoms with E-state index in [0.29, 0.717) is 5.92 Å². The molecule has 1 rings (SSSR count). The highest BCUT2D eigenvalue weighted by molar-refractivity contribution is 5.29. The molecule has 0 aromatic heterocycles. The Kier molecular flexibility index (Phi) is 6.18. The molecule has 0 radical (unpaired) electrons. The van der Waals surface area contributed by atoms with E-state index < -0.39 is 0 Å². The molecule has 0 N–H and O–H groups in total. The Morgan fingerprint density at radius 2 is 1.78 bits per heavy atom. The largest absolute Gasteiger partial charge is 0.0825 e. The fraction of sp³-hybridized carbons (Fsp3) is 0.556. The molecule has 0 spiro atoms. The first-order chi connectivity index (χ1) is 8.58. The summed E-state index contributed by atoms with van der Waals surface area (Å²) in [5.74, 6) is 1.38. The highest BCUT2D eigenvalue weighted by Crippen LogP contribution is 2.26. The second kappa shape index (κ2) is 7.41. The van der Waals surface area contributed by atoms with Gasteiger partial charge in [-0.25, -0.2) is 0 Å². The third-order valence-electron chi connectivity index (χ3n) is 3.92. The van der Waals surface area contributed by atoms with Crippen LogP contribution in [-0.2, 0) is 0 Å². The van der Waals surface area contributed by atoms with Gasteiger partial charge in [-0.3, -0.25) is 0 Å². The molecule has 1 unspecified atom stereocenters. The van der Waals surface area contributed by atoms with Gasteiger partial charge in [0.1, 0.15) is 0 Å². The average molecular weight is 244 g/mol. The lowest BCUT2D eigenvalue weighted by Crippen LogP contribution is -1.99. The number of rotatable bonds is 6. The molecule has 1 atom stereocenters. The molecule has 100 valence electrons. The summed E-state index contributed by atoms with van der Waals surface area (Å²) in [6, 6.07) is 8.76. The van der Waals surface area contributed by atoms with Crippen LogP contribution in [-0.4, -0.2) is 0 Å². The third kappa shape index (κ3) is 4.33. The van der Waals surface area contributed by atoms with E-state index in [1.807, 2.05) is 0 Å². The maximum Gasteiger partial charge on any atom is -0.0151 e. The normalized spacial score (nSPS) is 14.0. The van der Waals surface area contributed by atoms with Crippen LogP contribution in [0.1, 0.15) is 64.0 Å². The van der Waals surface area contributed by atoms with E-state index in [2.05, 4.69) is 65.0 Å². The summed E-state index contributed by atoms with van der Waals surface area (Å²) in [4.78, 5) is 0. The summed E-state index contributed by atoms with van der Waals surface area (Å²) >= 11 is 0. The van der Waals surface area contributed by atoms with E-state index in [0.717, 1.165) is 5.92 Å². The van der Waals surface area contributed by atoms with Crippen molar-refractivity contribution in [2.75, 3.05) is 0 Å². The van der Waals surface area contributed by atoms with Crippen molar-refractivity contribution in [3.8, 4) is 0 Å². The Labute approximate surface area is 113 Å². The van der Waals surface area contributed by atoms with Gasteiger partial charge in [0.05, 0.1) is 0 Å². The molecule has 0 heteroatoms. The van der Waals surface area contributed by atoms with Gasteiger partial charge in [0.25, 0.3) is 0 Å². The summed E-state index contributed by atoms with van der Waals surface area (Å²) in [5.41, 5.74) is 4.45. The molecular formula is C18H28. The van der Waals surface area contributed by atoms with Crippen molar-refractivity contribution in [3.63, 3.8) is 0 Å². The molecular weight excluding hydrogens is 216 g/mol. The molecule has 0 aliphatic carbocycles. The second-order valence-corrected chi connectivity index (χ2v) is 5.55. The van der Waals surface area contributed by atoms with Gasteiger partial charge in [-0.1, -0.05) is 56.7 Å². The minimum absolute atomic E-state index is 0.622. The monoisotopic (exact) mass is 244 g/mol. The topological polar surface area (TPSA) is 0 Å². The SMILES string of the molecule is CCC(C=C(C)CC(C)c1ccccc1C)CC. The molecule has 0 aliphatic heterocycles. The van der Waals surface area contributed by atoms with Crippen LogP contribution in [0.3, 0.4) is 0 Å². The van der Waals surface area contributed by atoms with Crippen LogP contribution in [0, 0.1) is 12.8 Å². The zero-order valence-corrected chi connectivity index (χ0v) is 12.7. The molecule has 1 aromatic carbocycles. The fourth-order valence-corrected chi connectivity index (χ4v) is 2.73. The van der Waals surface area contributed by atoms with Gasteiger partial charge in [0.15, 0.2) is 0 Å². The van der Waals surface area contributed by atoms with E-state index in [4.69, 9.17) is 0 Å². The standard InChI is InChI=1S/C18H28/c1-6-17(7-2)13-14(3)12-16(5)18-11-9-8-10-15(18)4/h8-11,13,16-17H,6-7,12H2,1-5H3. The van der Waals surface area contributed by atoms with Crippen LogP contribution in [0.25, 0.3) is 0 Å². The molecule has 0 saturated heterocycles. The van der Waals surface area contributed by atoms with Crippen LogP contribution < -0.4 is 0 Å². The van der Waals surface area contributed by atoms with Gasteiger partial charge >= 0.3 is 0 Å². The van der Waals surface area contributed by atoms with Crippen molar-refractivity contribution >= 4 is 0 Å².